The van der Waals surface area contributed by atoms with E-state index in [1.807, 2.05) is 12.1 Å². The number of nitrogens with one attached hydrogen (secondary N) is 1. The van der Waals surface area contributed by atoms with E-state index in [0.717, 1.165) is 15.7 Å². The first-order valence-electron chi connectivity index (χ1n) is 4.98. The second-order valence-corrected chi connectivity index (χ2v) is 4.80. The minimum atomic E-state index is 0.266. The predicted molar refractivity (Wildman–Crippen MR) is 72.4 cm³/mol. The van der Waals surface area contributed by atoms with Gasteiger partial charge in [-0.25, -0.2) is 4.98 Å². The molecule has 0 fully saturated rings. The van der Waals surface area contributed by atoms with Crippen molar-refractivity contribution in [1.29, 1.82) is 0 Å². The minimum absolute atomic E-state index is 0.266. The number of anilines is 1. The minimum Gasteiger partial charge on any atom is -0.508 e. The van der Waals surface area contributed by atoms with Gasteiger partial charge >= 0.3 is 0 Å². The molecule has 0 aliphatic carbocycles. The fourth-order valence-corrected chi connectivity index (χ4v) is 1.89. The molecular formula is C12H10BrClN2O. The van der Waals surface area contributed by atoms with Gasteiger partial charge in [-0.15, -0.1) is 0 Å². The van der Waals surface area contributed by atoms with E-state index in [1.54, 1.807) is 24.4 Å². The fraction of sp³-hybridized carbons (Fsp3) is 0.0833. The number of rotatable bonds is 3. The second-order valence-electron chi connectivity index (χ2n) is 3.50. The summed E-state index contributed by atoms with van der Waals surface area (Å²) >= 11 is 9.05. The Morgan fingerprint density at radius 2 is 2.12 bits per heavy atom. The Kier molecular flexibility index (Phi) is 3.86. The van der Waals surface area contributed by atoms with Gasteiger partial charge in [-0.2, -0.15) is 0 Å². The Morgan fingerprint density at radius 1 is 1.29 bits per heavy atom. The van der Waals surface area contributed by atoms with Gasteiger partial charge in [0.1, 0.15) is 10.9 Å². The highest BCUT2D eigenvalue weighted by Crippen LogP contribution is 2.22. The summed E-state index contributed by atoms with van der Waals surface area (Å²) in [4.78, 5) is 3.96. The molecule has 2 N–H and O–H groups in total. The smallest absolute Gasteiger partial charge is 0.129 e. The molecule has 2 rings (SSSR count). The summed E-state index contributed by atoms with van der Waals surface area (Å²) in [6.45, 7) is 0.522. The van der Waals surface area contributed by atoms with E-state index in [1.165, 1.54) is 0 Å². The molecule has 1 aromatic heterocycles. The highest BCUT2D eigenvalue weighted by atomic mass is 79.9. The van der Waals surface area contributed by atoms with Crippen molar-refractivity contribution in [3.8, 4) is 5.75 Å². The third-order valence-electron chi connectivity index (χ3n) is 2.25. The van der Waals surface area contributed by atoms with Crippen LogP contribution in [0.5, 0.6) is 5.75 Å². The van der Waals surface area contributed by atoms with E-state index in [0.29, 0.717) is 11.7 Å². The molecule has 1 aromatic carbocycles. The molecule has 88 valence electrons. The van der Waals surface area contributed by atoms with Gasteiger partial charge in [-0.3, -0.25) is 0 Å². The van der Waals surface area contributed by atoms with Gasteiger partial charge in [0.25, 0.3) is 0 Å². The summed E-state index contributed by atoms with van der Waals surface area (Å²) in [5.74, 6) is 0.266. The van der Waals surface area contributed by atoms with Gasteiger partial charge in [-0.1, -0.05) is 27.5 Å². The lowest BCUT2D eigenvalue weighted by atomic mass is 10.2. The molecule has 0 atom stereocenters. The summed E-state index contributed by atoms with van der Waals surface area (Å²) in [6.07, 6.45) is 1.65. The number of benzene rings is 1. The zero-order valence-electron chi connectivity index (χ0n) is 8.82. The van der Waals surface area contributed by atoms with Crippen molar-refractivity contribution in [3.05, 3.63) is 51.7 Å². The molecule has 0 amide bonds. The number of aromatic nitrogens is 1. The van der Waals surface area contributed by atoms with Crippen LogP contribution < -0.4 is 5.32 Å². The molecule has 0 bridgehead atoms. The molecule has 3 nitrogen and oxygen atoms in total. The molecule has 0 spiro atoms. The van der Waals surface area contributed by atoms with Crippen LogP contribution in [0.25, 0.3) is 0 Å². The van der Waals surface area contributed by atoms with Crippen LogP contribution in [0.3, 0.4) is 0 Å². The van der Waals surface area contributed by atoms with Gasteiger partial charge in [0, 0.05) is 16.6 Å². The molecule has 2 aromatic rings. The molecule has 0 aliphatic heterocycles. The van der Waals surface area contributed by atoms with Crippen LogP contribution in [-0.2, 0) is 6.54 Å². The van der Waals surface area contributed by atoms with E-state index in [4.69, 9.17) is 11.6 Å². The SMILES string of the molecule is Oc1ccc(Br)cc1CNc1ccc(Cl)nc1. The molecule has 0 aliphatic rings. The second kappa shape index (κ2) is 5.38. The van der Waals surface area contributed by atoms with Crippen molar-refractivity contribution in [2.75, 3.05) is 5.32 Å². The molecule has 0 saturated carbocycles. The lowest BCUT2D eigenvalue weighted by Gasteiger charge is -2.08. The number of hydrogen-bond acceptors (Lipinski definition) is 3. The summed E-state index contributed by atoms with van der Waals surface area (Å²) in [5, 5.41) is 13.3. The zero-order chi connectivity index (χ0) is 12.3. The van der Waals surface area contributed by atoms with Gasteiger partial charge in [0.05, 0.1) is 11.9 Å². The predicted octanol–water partition coefficient (Wildman–Crippen LogP) is 3.82. The Labute approximate surface area is 113 Å². The maximum absolute atomic E-state index is 9.66. The Morgan fingerprint density at radius 3 is 2.82 bits per heavy atom. The summed E-state index contributed by atoms with van der Waals surface area (Å²) in [5.41, 5.74) is 1.67. The normalized spacial score (nSPS) is 10.2. The van der Waals surface area contributed by atoms with Gasteiger partial charge in [0.15, 0.2) is 0 Å². The van der Waals surface area contributed by atoms with E-state index < -0.39 is 0 Å². The van der Waals surface area contributed by atoms with Crippen molar-refractivity contribution in [2.45, 2.75) is 6.54 Å². The molecule has 0 saturated heterocycles. The number of phenolic OH excluding ortho intramolecular Hbond substituents is 1. The number of phenols is 1. The Hall–Kier alpha value is -1.26. The van der Waals surface area contributed by atoms with Crippen molar-refractivity contribution >= 4 is 33.2 Å². The molecule has 5 heteroatoms. The van der Waals surface area contributed by atoms with Crippen LogP contribution in [0.1, 0.15) is 5.56 Å². The first-order chi connectivity index (χ1) is 8.15. The van der Waals surface area contributed by atoms with Crippen LogP contribution in [-0.4, -0.2) is 10.1 Å². The maximum atomic E-state index is 9.66. The number of pyridine rings is 1. The summed E-state index contributed by atoms with van der Waals surface area (Å²) in [6, 6.07) is 8.87. The Balaban J connectivity index is 2.07. The first-order valence-corrected chi connectivity index (χ1v) is 6.15. The van der Waals surface area contributed by atoms with Crippen LogP contribution >= 0.6 is 27.5 Å². The molecule has 1 heterocycles. The number of aromatic hydroxyl groups is 1. The average molecular weight is 314 g/mol. The zero-order valence-corrected chi connectivity index (χ0v) is 11.2. The molecular weight excluding hydrogens is 304 g/mol. The largest absolute Gasteiger partial charge is 0.508 e. The highest BCUT2D eigenvalue weighted by molar-refractivity contribution is 9.10. The lowest BCUT2D eigenvalue weighted by molar-refractivity contribution is 0.469. The average Bonchev–Trinajstić information content (AvgIpc) is 2.32. The third kappa shape index (κ3) is 3.35. The van der Waals surface area contributed by atoms with Crippen LogP contribution in [0.2, 0.25) is 5.15 Å². The first kappa shape index (κ1) is 12.2. The number of hydrogen-bond donors (Lipinski definition) is 2. The van der Waals surface area contributed by atoms with Gasteiger partial charge in [-0.05, 0) is 30.3 Å². The lowest BCUT2D eigenvalue weighted by Crippen LogP contribution is -2.00. The quantitative estimate of drug-likeness (QED) is 0.847. The van der Waals surface area contributed by atoms with Crippen molar-refractivity contribution < 1.29 is 5.11 Å². The number of nitrogens with zero attached hydrogens (tertiary/aromatic N) is 1. The number of halogens is 2. The van der Waals surface area contributed by atoms with Crippen molar-refractivity contribution in [3.63, 3.8) is 0 Å². The van der Waals surface area contributed by atoms with Crippen LogP contribution in [0.4, 0.5) is 5.69 Å². The Bertz CT molecular complexity index is 516. The van der Waals surface area contributed by atoms with E-state index in [-0.39, 0.29) is 5.75 Å². The van der Waals surface area contributed by atoms with Gasteiger partial charge < -0.3 is 10.4 Å². The topological polar surface area (TPSA) is 45.1 Å². The molecule has 17 heavy (non-hydrogen) atoms. The van der Waals surface area contributed by atoms with E-state index >= 15 is 0 Å². The van der Waals surface area contributed by atoms with E-state index in [9.17, 15) is 5.11 Å². The van der Waals surface area contributed by atoms with Crippen LogP contribution in [0.15, 0.2) is 41.0 Å². The monoisotopic (exact) mass is 312 g/mol. The standard InChI is InChI=1S/C12H10BrClN2O/c13-9-1-3-11(17)8(5-9)6-15-10-2-4-12(14)16-7-10/h1-5,7,15,17H,6H2. The maximum Gasteiger partial charge on any atom is 0.129 e. The van der Waals surface area contributed by atoms with E-state index in [2.05, 4.69) is 26.2 Å². The van der Waals surface area contributed by atoms with Gasteiger partial charge in [0.2, 0.25) is 0 Å². The molecule has 0 radical (unpaired) electrons. The summed E-state index contributed by atoms with van der Waals surface area (Å²) in [7, 11) is 0. The molecule has 0 unspecified atom stereocenters. The van der Waals surface area contributed by atoms with Crippen molar-refractivity contribution in [1.82, 2.24) is 4.98 Å². The van der Waals surface area contributed by atoms with Crippen molar-refractivity contribution in [2.24, 2.45) is 0 Å². The summed E-state index contributed by atoms with van der Waals surface area (Å²) < 4.78 is 0.932. The fourth-order valence-electron chi connectivity index (χ4n) is 1.37. The van der Waals surface area contributed by atoms with Crippen LogP contribution in [0, 0.1) is 0 Å². The third-order valence-corrected chi connectivity index (χ3v) is 2.97. The highest BCUT2D eigenvalue weighted by Gasteiger charge is 2.02.